The topological polar surface area (TPSA) is 0 Å². The van der Waals surface area contributed by atoms with Gasteiger partial charge in [-0.2, -0.15) is 13.2 Å². The van der Waals surface area contributed by atoms with Crippen LogP contribution in [0.3, 0.4) is 0 Å². The second-order valence-corrected chi connectivity index (χ2v) is 5.46. The molecule has 0 bridgehead atoms. The SMILES string of the molecule is CC.CSC(C1=CC=CCC=C1)(c1ccccc1)C(F)(F)F. The second-order valence-electron chi connectivity index (χ2n) is 4.44. The van der Waals surface area contributed by atoms with Crippen molar-refractivity contribution in [2.45, 2.75) is 31.2 Å². The van der Waals surface area contributed by atoms with E-state index in [1.807, 2.05) is 19.9 Å². The Morgan fingerprint density at radius 1 is 1.00 bits per heavy atom. The lowest BCUT2D eigenvalue weighted by atomic mass is 9.88. The van der Waals surface area contributed by atoms with Crippen molar-refractivity contribution in [2.24, 2.45) is 0 Å². The Kier molecular flexibility index (Phi) is 7.01. The quantitative estimate of drug-likeness (QED) is 0.630. The summed E-state index contributed by atoms with van der Waals surface area (Å²) < 4.78 is 39.5. The molecule has 0 aliphatic heterocycles. The van der Waals surface area contributed by atoms with E-state index in [1.165, 1.54) is 18.4 Å². The highest BCUT2D eigenvalue weighted by molar-refractivity contribution is 7.99. The van der Waals surface area contributed by atoms with Gasteiger partial charge in [-0.15, -0.1) is 11.8 Å². The lowest BCUT2D eigenvalue weighted by molar-refractivity contribution is -0.151. The van der Waals surface area contributed by atoms with Gasteiger partial charge < -0.3 is 0 Å². The first-order valence-corrected chi connectivity index (χ1v) is 8.46. The van der Waals surface area contributed by atoms with Crippen molar-refractivity contribution in [3.63, 3.8) is 0 Å². The Bertz CT molecular complexity index is 541. The zero-order valence-corrected chi connectivity index (χ0v) is 13.8. The lowest BCUT2D eigenvalue weighted by Crippen LogP contribution is -2.40. The fraction of sp³-hybridized carbons (Fsp3) is 0.333. The van der Waals surface area contributed by atoms with Crippen molar-refractivity contribution in [3.8, 4) is 0 Å². The third kappa shape index (κ3) is 3.67. The van der Waals surface area contributed by atoms with Crippen LogP contribution in [0, 0.1) is 0 Å². The normalized spacial score (nSPS) is 16.9. The predicted molar refractivity (Wildman–Crippen MR) is 90.0 cm³/mol. The number of rotatable bonds is 3. The molecule has 1 aromatic rings. The number of benzene rings is 1. The zero-order chi connectivity index (χ0) is 16.6. The van der Waals surface area contributed by atoms with Gasteiger partial charge in [0.05, 0.1) is 0 Å². The molecule has 120 valence electrons. The van der Waals surface area contributed by atoms with Crippen LogP contribution in [0.1, 0.15) is 25.8 Å². The molecule has 1 aliphatic rings. The Morgan fingerprint density at radius 2 is 1.64 bits per heavy atom. The van der Waals surface area contributed by atoms with Gasteiger partial charge in [-0.3, -0.25) is 0 Å². The zero-order valence-electron chi connectivity index (χ0n) is 13.0. The Labute approximate surface area is 134 Å². The second kappa shape index (κ2) is 8.28. The van der Waals surface area contributed by atoms with E-state index >= 15 is 0 Å². The van der Waals surface area contributed by atoms with Crippen molar-refractivity contribution >= 4 is 11.8 Å². The number of hydrogen-bond donors (Lipinski definition) is 0. The van der Waals surface area contributed by atoms with Gasteiger partial charge >= 0.3 is 6.18 Å². The summed E-state index contributed by atoms with van der Waals surface area (Å²) in [4.78, 5) is 0. The first-order chi connectivity index (χ1) is 10.5. The molecule has 0 fully saturated rings. The van der Waals surface area contributed by atoms with E-state index in [2.05, 4.69) is 0 Å². The summed E-state index contributed by atoms with van der Waals surface area (Å²) in [5.41, 5.74) is 0.517. The van der Waals surface area contributed by atoms with Gasteiger partial charge in [-0.1, -0.05) is 74.6 Å². The monoisotopic (exact) mass is 326 g/mol. The summed E-state index contributed by atoms with van der Waals surface area (Å²) in [6.45, 7) is 4.00. The maximum Gasteiger partial charge on any atom is 0.411 e. The number of hydrogen-bond acceptors (Lipinski definition) is 1. The average molecular weight is 326 g/mol. The van der Waals surface area contributed by atoms with Crippen LogP contribution < -0.4 is 0 Å². The molecule has 0 heterocycles. The molecule has 1 atom stereocenters. The standard InChI is InChI=1S/C16H15F3S.C2H6/c1-20-15(16(17,18)19,14-11-7-4-8-12-14)13-9-5-2-3-6-10-13;1-2/h2,4-12H,3H2,1H3;1-2H3. The molecule has 1 aliphatic carbocycles. The molecular formula is C18H21F3S. The third-order valence-electron chi connectivity index (χ3n) is 3.27. The minimum absolute atomic E-state index is 0.256. The third-order valence-corrected chi connectivity index (χ3v) is 4.59. The van der Waals surface area contributed by atoms with Crippen molar-refractivity contribution in [1.29, 1.82) is 0 Å². The van der Waals surface area contributed by atoms with E-state index in [0.717, 1.165) is 11.8 Å². The van der Waals surface area contributed by atoms with Crippen molar-refractivity contribution in [3.05, 3.63) is 71.8 Å². The summed E-state index contributed by atoms with van der Waals surface area (Å²) in [5, 5.41) is 0. The minimum atomic E-state index is -4.37. The molecule has 0 N–H and O–H groups in total. The first kappa shape index (κ1) is 18.6. The molecule has 0 saturated carbocycles. The van der Waals surface area contributed by atoms with Crippen LogP contribution in [0.25, 0.3) is 0 Å². The van der Waals surface area contributed by atoms with Crippen molar-refractivity contribution < 1.29 is 13.2 Å². The summed E-state index contributed by atoms with van der Waals surface area (Å²) in [6, 6.07) is 8.08. The van der Waals surface area contributed by atoms with Crippen LogP contribution in [0.5, 0.6) is 0 Å². The number of thioether (sulfide) groups is 1. The van der Waals surface area contributed by atoms with Gasteiger partial charge in [0, 0.05) is 0 Å². The van der Waals surface area contributed by atoms with Gasteiger partial charge in [-0.25, -0.2) is 0 Å². The van der Waals surface area contributed by atoms with Crippen LogP contribution in [0.2, 0.25) is 0 Å². The van der Waals surface area contributed by atoms with Gasteiger partial charge in [0.2, 0.25) is 0 Å². The predicted octanol–water partition coefficient (Wildman–Crippen LogP) is 6.28. The molecule has 4 heteroatoms. The lowest BCUT2D eigenvalue weighted by Gasteiger charge is -2.36. The number of alkyl halides is 3. The molecular weight excluding hydrogens is 305 g/mol. The van der Waals surface area contributed by atoms with E-state index < -0.39 is 10.9 Å². The fourth-order valence-corrected chi connectivity index (χ4v) is 3.31. The van der Waals surface area contributed by atoms with Crippen LogP contribution >= 0.6 is 11.8 Å². The van der Waals surface area contributed by atoms with Gasteiger partial charge in [0.15, 0.2) is 4.75 Å². The van der Waals surface area contributed by atoms with E-state index in [1.54, 1.807) is 42.5 Å². The van der Waals surface area contributed by atoms with E-state index in [9.17, 15) is 13.2 Å². The smallest absolute Gasteiger partial charge is 0.169 e. The van der Waals surface area contributed by atoms with Gasteiger partial charge in [-0.05, 0) is 23.8 Å². The number of halogens is 3. The molecule has 0 radical (unpaired) electrons. The molecule has 0 aromatic heterocycles. The molecule has 22 heavy (non-hydrogen) atoms. The van der Waals surface area contributed by atoms with E-state index in [-0.39, 0.29) is 11.1 Å². The maximum absolute atomic E-state index is 13.9. The highest BCUT2D eigenvalue weighted by Gasteiger charge is 2.57. The maximum atomic E-state index is 13.9. The van der Waals surface area contributed by atoms with Gasteiger partial charge in [0.25, 0.3) is 0 Å². The molecule has 0 amide bonds. The summed E-state index contributed by atoms with van der Waals surface area (Å²) in [6.07, 6.45) is 6.21. The minimum Gasteiger partial charge on any atom is -0.169 e. The van der Waals surface area contributed by atoms with Crippen LogP contribution in [-0.2, 0) is 4.75 Å². The Balaban J connectivity index is 0.00000116. The van der Waals surface area contributed by atoms with Crippen molar-refractivity contribution in [2.75, 3.05) is 6.26 Å². The summed E-state index contributed by atoms with van der Waals surface area (Å²) in [5.74, 6) is 0. The summed E-state index contributed by atoms with van der Waals surface area (Å²) in [7, 11) is 0. The number of allylic oxidation sites excluding steroid dienone is 5. The van der Waals surface area contributed by atoms with E-state index in [4.69, 9.17) is 0 Å². The van der Waals surface area contributed by atoms with Crippen LogP contribution in [0.4, 0.5) is 13.2 Å². The van der Waals surface area contributed by atoms with Crippen molar-refractivity contribution in [1.82, 2.24) is 0 Å². The molecule has 2 rings (SSSR count). The fourth-order valence-electron chi connectivity index (χ4n) is 2.33. The highest BCUT2D eigenvalue weighted by atomic mass is 32.2. The largest absolute Gasteiger partial charge is 0.411 e. The Hall–Kier alpha value is -1.42. The van der Waals surface area contributed by atoms with Crippen LogP contribution in [0.15, 0.2) is 66.3 Å². The molecule has 0 nitrogen and oxygen atoms in total. The summed E-state index contributed by atoms with van der Waals surface area (Å²) >= 11 is 0.815. The average Bonchev–Trinajstić information content (AvgIpc) is 2.80. The Morgan fingerprint density at radius 3 is 2.18 bits per heavy atom. The first-order valence-electron chi connectivity index (χ1n) is 7.23. The molecule has 1 unspecified atom stereocenters. The highest BCUT2D eigenvalue weighted by Crippen LogP contribution is 2.54. The van der Waals surface area contributed by atoms with Gasteiger partial charge in [0.1, 0.15) is 0 Å². The van der Waals surface area contributed by atoms with Crippen LogP contribution in [-0.4, -0.2) is 12.4 Å². The van der Waals surface area contributed by atoms with E-state index in [0.29, 0.717) is 6.42 Å². The molecule has 0 spiro atoms. The molecule has 1 aromatic carbocycles. The molecule has 0 saturated heterocycles.